The average molecular weight is 362 g/mol. The van der Waals surface area contributed by atoms with Crippen molar-refractivity contribution in [2.75, 3.05) is 18.9 Å². The monoisotopic (exact) mass is 362 g/mol. The molecule has 0 spiro atoms. The Bertz CT molecular complexity index is 430. The third kappa shape index (κ3) is 16.4. The van der Waals surface area contributed by atoms with Gasteiger partial charge in [-0.3, -0.25) is 14.4 Å². The smallest absolute Gasteiger partial charge is 0.475 e. The largest absolute Gasteiger partial charge is 0.490 e. The van der Waals surface area contributed by atoms with Crippen LogP contribution in [0.5, 0.6) is 0 Å². The maximum atomic E-state index is 11.3. The molecule has 1 atom stereocenters. The number of esters is 1. The number of aliphatic carboxylic acids is 1. The van der Waals surface area contributed by atoms with Crippen LogP contribution in [0.1, 0.15) is 13.8 Å². The molecule has 0 aliphatic carbocycles. The molecule has 134 valence electrons. The third-order valence-electron chi connectivity index (χ3n) is 1.75. The molecule has 0 aliphatic rings. The summed E-state index contributed by atoms with van der Waals surface area (Å²) in [5, 5.41) is 9.66. The van der Waals surface area contributed by atoms with E-state index in [2.05, 4.69) is 10.1 Å². The van der Waals surface area contributed by atoms with Crippen molar-refractivity contribution < 1.29 is 42.2 Å². The lowest BCUT2D eigenvalue weighted by molar-refractivity contribution is -0.192. The summed E-state index contributed by atoms with van der Waals surface area (Å²) in [7, 11) is 0. The van der Waals surface area contributed by atoms with Gasteiger partial charge in [-0.15, -0.1) is 0 Å². The van der Waals surface area contributed by atoms with E-state index in [0.29, 0.717) is 12.3 Å². The van der Waals surface area contributed by atoms with E-state index in [9.17, 15) is 27.6 Å². The lowest BCUT2D eigenvalue weighted by Crippen LogP contribution is -2.44. The summed E-state index contributed by atoms with van der Waals surface area (Å²) in [6.07, 6.45) is -5.08. The third-order valence-corrected chi connectivity index (χ3v) is 2.57. The van der Waals surface area contributed by atoms with Crippen molar-refractivity contribution in [1.82, 2.24) is 5.32 Å². The molecule has 1 amide bonds. The van der Waals surface area contributed by atoms with Gasteiger partial charge in [0.2, 0.25) is 5.91 Å². The van der Waals surface area contributed by atoms with Gasteiger partial charge in [-0.25, -0.2) is 4.79 Å². The lowest BCUT2D eigenvalue weighted by Gasteiger charge is -2.11. The van der Waals surface area contributed by atoms with Crippen LogP contribution < -0.4 is 11.1 Å². The SMILES string of the molecule is CC(=O)OC[C@H](N)C(=O)NCCSC(C)=O.O=C(O)C(F)(F)F. The summed E-state index contributed by atoms with van der Waals surface area (Å²) in [5.74, 6) is -3.13. The summed E-state index contributed by atoms with van der Waals surface area (Å²) in [4.78, 5) is 41.2. The van der Waals surface area contributed by atoms with E-state index in [1.807, 2.05) is 0 Å². The van der Waals surface area contributed by atoms with E-state index >= 15 is 0 Å². The lowest BCUT2D eigenvalue weighted by atomic mass is 10.3. The molecule has 0 aromatic heterocycles. The van der Waals surface area contributed by atoms with Gasteiger partial charge < -0.3 is 20.9 Å². The molecule has 12 heteroatoms. The van der Waals surface area contributed by atoms with Crippen LogP contribution in [0.2, 0.25) is 0 Å². The molecule has 0 saturated heterocycles. The zero-order chi connectivity index (χ0) is 18.6. The minimum atomic E-state index is -5.08. The first-order valence-corrected chi connectivity index (χ1v) is 6.96. The second-order valence-corrected chi connectivity index (χ2v) is 5.11. The van der Waals surface area contributed by atoms with E-state index in [4.69, 9.17) is 15.6 Å². The van der Waals surface area contributed by atoms with Gasteiger partial charge in [0.15, 0.2) is 5.12 Å². The van der Waals surface area contributed by atoms with Crippen molar-refractivity contribution in [3.8, 4) is 0 Å². The van der Waals surface area contributed by atoms with Gasteiger partial charge in [-0.1, -0.05) is 11.8 Å². The van der Waals surface area contributed by atoms with Gasteiger partial charge in [-0.05, 0) is 0 Å². The highest BCUT2D eigenvalue weighted by atomic mass is 32.2. The number of nitrogens with two attached hydrogens (primary N) is 1. The fourth-order valence-electron chi connectivity index (χ4n) is 0.783. The van der Waals surface area contributed by atoms with Crippen molar-refractivity contribution in [2.45, 2.75) is 26.1 Å². The number of amides is 1. The molecule has 0 aliphatic heterocycles. The van der Waals surface area contributed by atoms with Gasteiger partial charge in [0.05, 0.1) is 0 Å². The normalized spacial score (nSPS) is 11.6. The van der Waals surface area contributed by atoms with Crippen LogP contribution in [-0.4, -0.2) is 59.2 Å². The van der Waals surface area contributed by atoms with Gasteiger partial charge in [-0.2, -0.15) is 13.2 Å². The zero-order valence-corrected chi connectivity index (χ0v) is 13.1. The fraction of sp³-hybridized carbons (Fsp3) is 0.636. The van der Waals surface area contributed by atoms with Crippen molar-refractivity contribution in [3.63, 3.8) is 0 Å². The predicted molar refractivity (Wildman–Crippen MR) is 74.4 cm³/mol. The van der Waals surface area contributed by atoms with Crippen LogP contribution in [0, 0.1) is 0 Å². The Morgan fingerprint density at radius 2 is 1.74 bits per heavy atom. The number of carboxylic acid groups (broad SMARTS) is 1. The molecule has 0 fully saturated rings. The zero-order valence-electron chi connectivity index (χ0n) is 12.3. The Morgan fingerprint density at radius 3 is 2.09 bits per heavy atom. The number of alkyl halides is 3. The molecule has 8 nitrogen and oxygen atoms in total. The first kappa shape index (κ1) is 23.4. The molecule has 23 heavy (non-hydrogen) atoms. The number of hydrogen-bond acceptors (Lipinski definition) is 7. The molecule has 0 unspecified atom stereocenters. The number of rotatable bonds is 6. The highest BCUT2D eigenvalue weighted by molar-refractivity contribution is 8.13. The van der Waals surface area contributed by atoms with Crippen LogP contribution in [0.25, 0.3) is 0 Å². The van der Waals surface area contributed by atoms with Gasteiger partial charge in [0.1, 0.15) is 12.6 Å². The number of thioether (sulfide) groups is 1. The summed E-state index contributed by atoms with van der Waals surface area (Å²) < 4.78 is 36.3. The average Bonchev–Trinajstić information content (AvgIpc) is 2.39. The maximum Gasteiger partial charge on any atom is 0.490 e. The Balaban J connectivity index is 0. The Hall–Kier alpha value is -1.82. The molecule has 0 heterocycles. The van der Waals surface area contributed by atoms with Crippen LogP contribution >= 0.6 is 11.8 Å². The number of carboxylic acids is 1. The predicted octanol–water partition coefficient (Wildman–Crippen LogP) is -0.0940. The first-order chi connectivity index (χ1) is 10.4. The van der Waals surface area contributed by atoms with E-state index < -0.39 is 30.1 Å². The van der Waals surface area contributed by atoms with E-state index in [1.165, 1.54) is 13.8 Å². The summed E-state index contributed by atoms with van der Waals surface area (Å²) in [6, 6.07) is -0.869. The minimum absolute atomic E-state index is 0.00143. The number of carbonyl (C=O) groups excluding carboxylic acids is 3. The second kappa shape index (κ2) is 11.7. The topological polar surface area (TPSA) is 136 Å². The fourth-order valence-corrected chi connectivity index (χ4v) is 1.27. The number of nitrogens with one attached hydrogen (secondary N) is 1. The van der Waals surface area contributed by atoms with Crippen molar-refractivity contribution in [3.05, 3.63) is 0 Å². The Morgan fingerprint density at radius 1 is 1.26 bits per heavy atom. The Kier molecular flexibility index (Phi) is 11.9. The highest BCUT2D eigenvalue weighted by Crippen LogP contribution is 2.13. The van der Waals surface area contributed by atoms with Crippen LogP contribution in [0.4, 0.5) is 13.2 Å². The molecule has 4 N–H and O–H groups in total. The van der Waals surface area contributed by atoms with E-state index in [-0.39, 0.29) is 11.7 Å². The number of halogens is 3. The maximum absolute atomic E-state index is 11.3. The van der Waals surface area contributed by atoms with Gasteiger partial charge >= 0.3 is 18.1 Å². The molecule has 0 rings (SSSR count). The quantitative estimate of drug-likeness (QED) is 0.440. The van der Waals surface area contributed by atoms with Crippen LogP contribution in [-0.2, 0) is 23.9 Å². The molecule has 0 aromatic rings. The number of ether oxygens (including phenoxy) is 1. The van der Waals surface area contributed by atoms with E-state index in [1.54, 1.807) is 0 Å². The van der Waals surface area contributed by atoms with Crippen molar-refractivity contribution in [1.29, 1.82) is 0 Å². The van der Waals surface area contributed by atoms with Crippen molar-refractivity contribution >= 4 is 34.7 Å². The summed E-state index contributed by atoms with van der Waals surface area (Å²) in [5.41, 5.74) is 5.44. The number of hydrogen-bond donors (Lipinski definition) is 3. The minimum Gasteiger partial charge on any atom is -0.475 e. The van der Waals surface area contributed by atoms with Crippen LogP contribution in [0.15, 0.2) is 0 Å². The van der Waals surface area contributed by atoms with Crippen LogP contribution in [0.3, 0.4) is 0 Å². The highest BCUT2D eigenvalue weighted by Gasteiger charge is 2.38. The molecule has 0 bridgehead atoms. The number of carbonyl (C=O) groups is 4. The first-order valence-electron chi connectivity index (χ1n) is 5.98. The van der Waals surface area contributed by atoms with Crippen molar-refractivity contribution in [2.24, 2.45) is 5.73 Å². The van der Waals surface area contributed by atoms with Gasteiger partial charge in [0.25, 0.3) is 0 Å². The molecule has 0 saturated carbocycles. The molecular formula is C11H17F3N2O6S. The molecule has 0 radical (unpaired) electrons. The summed E-state index contributed by atoms with van der Waals surface area (Å²) in [6.45, 7) is 2.92. The second-order valence-electron chi connectivity index (χ2n) is 3.84. The Labute approximate surface area is 133 Å². The molecule has 0 aromatic carbocycles. The standard InChI is InChI=1S/C9H16N2O4S.C2HF3O2/c1-6(12)15-5-8(10)9(14)11-3-4-16-7(2)13;3-2(4,5)1(6)7/h8H,3-5,10H2,1-2H3,(H,11,14);(H,6,7)/t8-;/m0./s1. The van der Waals surface area contributed by atoms with Gasteiger partial charge in [0, 0.05) is 26.1 Å². The molecular weight excluding hydrogens is 345 g/mol. The van der Waals surface area contributed by atoms with E-state index in [0.717, 1.165) is 11.8 Å². The summed E-state index contributed by atoms with van der Waals surface area (Å²) >= 11 is 1.12.